The summed E-state index contributed by atoms with van der Waals surface area (Å²) in [5.41, 5.74) is 1.94. The van der Waals surface area contributed by atoms with Gasteiger partial charge in [0, 0.05) is 18.6 Å². The second-order valence-corrected chi connectivity index (χ2v) is 3.35. The molecule has 0 fully saturated rings. The average molecular weight is 259 g/mol. The van der Waals surface area contributed by atoms with Gasteiger partial charge in [-0.05, 0) is 29.5 Å². The number of fused-ring (bicyclic) bond motifs is 1. The third kappa shape index (κ3) is 1.11. The first kappa shape index (κ1) is 7.02. The van der Waals surface area contributed by atoms with E-state index in [4.69, 9.17) is 0 Å². The van der Waals surface area contributed by atoms with Crippen molar-refractivity contribution >= 4 is 28.2 Å². The number of halogens is 1. The maximum atomic E-state index is 4.28. The van der Waals surface area contributed by atoms with Crippen LogP contribution in [0.1, 0.15) is 5.69 Å². The number of aromatic nitrogens is 3. The SMILES string of the molecule is Cc1cn2ccnc2c(I)n1. The largest absolute Gasteiger partial charge is 0.303 e. The van der Waals surface area contributed by atoms with E-state index in [1.165, 1.54) is 0 Å². The lowest BCUT2D eigenvalue weighted by molar-refractivity contribution is 1.05. The highest BCUT2D eigenvalue weighted by Gasteiger charge is 2.00. The highest BCUT2D eigenvalue weighted by molar-refractivity contribution is 14.1. The Balaban J connectivity index is 2.91. The van der Waals surface area contributed by atoms with E-state index in [1.807, 2.05) is 23.7 Å². The molecule has 0 aliphatic rings. The summed E-state index contributed by atoms with van der Waals surface area (Å²) in [6, 6.07) is 0. The molecule has 0 aliphatic heterocycles. The van der Waals surface area contributed by atoms with Gasteiger partial charge in [0.1, 0.15) is 3.70 Å². The summed E-state index contributed by atoms with van der Waals surface area (Å²) in [5.74, 6) is 0. The van der Waals surface area contributed by atoms with Gasteiger partial charge in [-0.15, -0.1) is 0 Å². The molecular formula is C7H6IN3. The molecule has 0 saturated heterocycles. The van der Waals surface area contributed by atoms with Crippen LogP contribution in [-0.2, 0) is 0 Å². The first-order valence-electron chi connectivity index (χ1n) is 3.23. The molecule has 56 valence electrons. The van der Waals surface area contributed by atoms with Crippen LogP contribution in [0.2, 0.25) is 0 Å². The van der Waals surface area contributed by atoms with Crippen LogP contribution >= 0.6 is 22.6 Å². The Bertz CT molecular complexity index is 393. The maximum absolute atomic E-state index is 4.28. The fourth-order valence-corrected chi connectivity index (χ4v) is 1.81. The van der Waals surface area contributed by atoms with E-state index < -0.39 is 0 Å². The molecule has 0 spiro atoms. The Morgan fingerprint density at radius 2 is 2.36 bits per heavy atom. The van der Waals surface area contributed by atoms with Crippen molar-refractivity contribution in [2.75, 3.05) is 0 Å². The summed E-state index contributed by atoms with van der Waals surface area (Å²) in [6.07, 6.45) is 5.66. The zero-order valence-electron chi connectivity index (χ0n) is 5.95. The molecule has 11 heavy (non-hydrogen) atoms. The Kier molecular flexibility index (Phi) is 1.56. The van der Waals surface area contributed by atoms with Crippen LogP contribution in [0.3, 0.4) is 0 Å². The molecule has 2 aromatic heterocycles. The quantitative estimate of drug-likeness (QED) is 0.673. The molecule has 0 aliphatic carbocycles. The zero-order valence-corrected chi connectivity index (χ0v) is 8.11. The van der Waals surface area contributed by atoms with Crippen LogP contribution in [0, 0.1) is 10.6 Å². The van der Waals surface area contributed by atoms with Crippen molar-refractivity contribution in [3.8, 4) is 0 Å². The summed E-state index contributed by atoms with van der Waals surface area (Å²) in [5, 5.41) is 0. The molecule has 0 N–H and O–H groups in total. The van der Waals surface area contributed by atoms with Gasteiger partial charge in [-0.2, -0.15) is 0 Å². The van der Waals surface area contributed by atoms with Gasteiger partial charge >= 0.3 is 0 Å². The van der Waals surface area contributed by atoms with Crippen LogP contribution < -0.4 is 0 Å². The molecular weight excluding hydrogens is 253 g/mol. The van der Waals surface area contributed by atoms with Crippen LogP contribution in [0.4, 0.5) is 0 Å². The number of aryl methyl sites for hydroxylation is 1. The second kappa shape index (κ2) is 2.44. The van der Waals surface area contributed by atoms with Crippen molar-refractivity contribution in [1.82, 2.24) is 14.4 Å². The first-order valence-corrected chi connectivity index (χ1v) is 4.31. The minimum Gasteiger partial charge on any atom is -0.303 e. The summed E-state index contributed by atoms with van der Waals surface area (Å²) < 4.78 is 2.93. The van der Waals surface area contributed by atoms with Gasteiger partial charge < -0.3 is 4.40 Å². The lowest BCUT2D eigenvalue weighted by atomic mass is 10.5. The highest BCUT2D eigenvalue weighted by Crippen LogP contribution is 2.09. The first-order chi connectivity index (χ1) is 5.27. The predicted octanol–water partition coefficient (Wildman–Crippen LogP) is 1.64. The molecule has 3 nitrogen and oxygen atoms in total. The molecule has 0 bridgehead atoms. The van der Waals surface area contributed by atoms with Crippen molar-refractivity contribution in [2.24, 2.45) is 0 Å². The van der Waals surface area contributed by atoms with E-state index in [-0.39, 0.29) is 0 Å². The summed E-state index contributed by atoms with van der Waals surface area (Å²) in [6.45, 7) is 1.97. The number of hydrogen-bond acceptors (Lipinski definition) is 2. The van der Waals surface area contributed by atoms with Gasteiger partial charge in [0.15, 0.2) is 5.65 Å². The number of rotatable bonds is 0. The number of nitrogens with zero attached hydrogens (tertiary/aromatic N) is 3. The van der Waals surface area contributed by atoms with Crippen molar-refractivity contribution in [1.29, 1.82) is 0 Å². The van der Waals surface area contributed by atoms with E-state index >= 15 is 0 Å². The second-order valence-electron chi connectivity index (χ2n) is 2.33. The van der Waals surface area contributed by atoms with Gasteiger partial charge in [-0.1, -0.05) is 0 Å². The Labute approximate surface area is 77.6 Å². The van der Waals surface area contributed by atoms with E-state index in [1.54, 1.807) is 6.20 Å². The standard InChI is InChI=1S/C7H6IN3/c1-5-4-11-3-2-9-7(11)6(8)10-5/h2-4H,1H3. The fraction of sp³-hybridized carbons (Fsp3) is 0.143. The lowest BCUT2D eigenvalue weighted by Gasteiger charge is -1.96. The Morgan fingerprint density at radius 3 is 3.18 bits per heavy atom. The monoisotopic (exact) mass is 259 g/mol. The van der Waals surface area contributed by atoms with Gasteiger partial charge in [-0.3, -0.25) is 0 Å². The molecule has 2 heterocycles. The minimum atomic E-state index is 0.927. The van der Waals surface area contributed by atoms with Crippen LogP contribution in [0.15, 0.2) is 18.6 Å². The van der Waals surface area contributed by atoms with Crippen molar-refractivity contribution in [2.45, 2.75) is 6.92 Å². The lowest BCUT2D eigenvalue weighted by Crippen LogP contribution is -1.93. The third-order valence-corrected chi connectivity index (χ3v) is 2.18. The van der Waals surface area contributed by atoms with Crippen molar-refractivity contribution in [3.63, 3.8) is 0 Å². The van der Waals surface area contributed by atoms with Crippen molar-refractivity contribution < 1.29 is 0 Å². The molecule has 0 aromatic carbocycles. The predicted molar refractivity (Wildman–Crippen MR) is 50.4 cm³/mol. The summed E-state index contributed by atoms with van der Waals surface area (Å²) in [7, 11) is 0. The van der Waals surface area contributed by atoms with Gasteiger partial charge in [0.25, 0.3) is 0 Å². The highest BCUT2D eigenvalue weighted by atomic mass is 127. The van der Waals surface area contributed by atoms with E-state index in [0.29, 0.717) is 0 Å². The van der Waals surface area contributed by atoms with Gasteiger partial charge in [0.2, 0.25) is 0 Å². The van der Waals surface area contributed by atoms with E-state index in [0.717, 1.165) is 15.0 Å². The van der Waals surface area contributed by atoms with Gasteiger partial charge in [-0.25, -0.2) is 9.97 Å². The Morgan fingerprint density at radius 1 is 1.55 bits per heavy atom. The molecule has 2 rings (SSSR count). The molecule has 0 saturated carbocycles. The molecule has 4 heteroatoms. The molecule has 2 aromatic rings. The van der Waals surface area contributed by atoms with E-state index in [9.17, 15) is 0 Å². The smallest absolute Gasteiger partial charge is 0.169 e. The molecule has 0 unspecified atom stereocenters. The molecule has 0 radical (unpaired) electrons. The molecule has 0 amide bonds. The third-order valence-electron chi connectivity index (χ3n) is 1.45. The molecule has 0 atom stereocenters. The number of imidazole rings is 1. The summed E-state index contributed by atoms with van der Waals surface area (Å²) >= 11 is 2.19. The van der Waals surface area contributed by atoms with Gasteiger partial charge in [0.05, 0.1) is 5.69 Å². The summed E-state index contributed by atoms with van der Waals surface area (Å²) in [4.78, 5) is 8.43. The van der Waals surface area contributed by atoms with Crippen LogP contribution in [-0.4, -0.2) is 14.4 Å². The topological polar surface area (TPSA) is 30.2 Å². The van der Waals surface area contributed by atoms with E-state index in [2.05, 4.69) is 32.6 Å². The number of hydrogen-bond donors (Lipinski definition) is 0. The van der Waals surface area contributed by atoms with Crippen molar-refractivity contribution in [3.05, 3.63) is 28.0 Å². The van der Waals surface area contributed by atoms with Crippen LogP contribution in [0.5, 0.6) is 0 Å². The fourth-order valence-electron chi connectivity index (χ4n) is 1.01. The maximum Gasteiger partial charge on any atom is 0.169 e. The van der Waals surface area contributed by atoms with Crippen LogP contribution in [0.25, 0.3) is 5.65 Å². The normalized spacial score (nSPS) is 10.7. The Hall–Kier alpha value is -0.650. The minimum absolute atomic E-state index is 0.927. The zero-order chi connectivity index (χ0) is 7.84. The average Bonchev–Trinajstić information content (AvgIpc) is 2.34.